The van der Waals surface area contributed by atoms with Crippen LogP contribution in [0.5, 0.6) is 5.75 Å². The van der Waals surface area contributed by atoms with Gasteiger partial charge in [-0.2, -0.15) is 0 Å². The molecule has 31 heavy (non-hydrogen) atoms. The summed E-state index contributed by atoms with van der Waals surface area (Å²) in [6.45, 7) is 1.90. The lowest BCUT2D eigenvalue weighted by atomic mass is 9.99. The zero-order valence-corrected chi connectivity index (χ0v) is 17.6. The maximum atomic E-state index is 13.0. The van der Waals surface area contributed by atoms with Gasteiger partial charge in [-0.15, -0.1) is 0 Å². The van der Waals surface area contributed by atoms with Crippen molar-refractivity contribution >= 4 is 29.1 Å². The van der Waals surface area contributed by atoms with Gasteiger partial charge in [0.25, 0.3) is 11.7 Å². The van der Waals surface area contributed by atoms with E-state index >= 15 is 0 Å². The van der Waals surface area contributed by atoms with Crippen molar-refractivity contribution in [2.45, 2.75) is 19.5 Å². The van der Waals surface area contributed by atoms with Gasteiger partial charge in [0, 0.05) is 24.5 Å². The summed E-state index contributed by atoms with van der Waals surface area (Å²) < 4.78 is 11.0. The second-order valence-corrected chi connectivity index (χ2v) is 7.48. The molecule has 0 saturated carbocycles. The standard InChI is InChI=1S/C23H19ClN2O5/c1-13-3-6-18(31-13)20-19(21(27)16-11-15(30-2)4-5-17(16)24)22(28)23(29)26(20)12-14-7-9-25-10-8-14/h3-11,20,27H,12H2,1-2H3/b21-19+. The van der Waals surface area contributed by atoms with Gasteiger partial charge in [-0.1, -0.05) is 11.6 Å². The van der Waals surface area contributed by atoms with Gasteiger partial charge in [-0.05, 0) is 55.0 Å². The topological polar surface area (TPSA) is 92.9 Å². The molecular weight excluding hydrogens is 420 g/mol. The number of amides is 1. The van der Waals surface area contributed by atoms with Gasteiger partial charge in [-0.3, -0.25) is 14.6 Å². The number of nitrogens with zero attached hydrogens (tertiary/aromatic N) is 2. The second-order valence-electron chi connectivity index (χ2n) is 7.08. The number of carbonyl (C=O) groups is 2. The first kappa shape index (κ1) is 20.7. The molecule has 1 unspecified atom stereocenters. The fourth-order valence-corrected chi connectivity index (χ4v) is 3.79. The Balaban J connectivity index is 1.88. The highest BCUT2D eigenvalue weighted by Crippen LogP contribution is 2.42. The summed E-state index contributed by atoms with van der Waals surface area (Å²) in [5, 5.41) is 11.3. The molecule has 0 radical (unpaired) electrons. The number of ether oxygens (including phenoxy) is 1. The average molecular weight is 439 g/mol. The van der Waals surface area contributed by atoms with Crippen molar-refractivity contribution in [2.24, 2.45) is 0 Å². The van der Waals surface area contributed by atoms with Crippen LogP contribution in [0.4, 0.5) is 0 Å². The third-order valence-corrected chi connectivity index (χ3v) is 5.43. The molecule has 7 nitrogen and oxygen atoms in total. The molecule has 0 spiro atoms. The lowest BCUT2D eigenvalue weighted by molar-refractivity contribution is -0.140. The minimum absolute atomic E-state index is 0.0939. The van der Waals surface area contributed by atoms with Crippen molar-refractivity contribution in [1.82, 2.24) is 9.88 Å². The minimum Gasteiger partial charge on any atom is -0.507 e. The molecule has 1 amide bonds. The number of likely N-dealkylation sites (tertiary alicyclic amines) is 1. The number of carbonyl (C=O) groups excluding carboxylic acids is 2. The second kappa shape index (κ2) is 8.28. The number of aliphatic hydroxyl groups is 1. The Labute approximate surface area is 183 Å². The van der Waals surface area contributed by atoms with Crippen LogP contribution >= 0.6 is 11.6 Å². The Morgan fingerprint density at radius 3 is 2.58 bits per heavy atom. The van der Waals surface area contributed by atoms with Gasteiger partial charge in [-0.25, -0.2) is 0 Å². The van der Waals surface area contributed by atoms with Crippen LogP contribution in [0.2, 0.25) is 5.02 Å². The molecule has 0 bridgehead atoms. The van der Waals surface area contributed by atoms with Crippen molar-refractivity contribution in [1.29, 1.82) is 0 Å². The molecule has 1 aliphatic heterocycles. The number of methoxy groups -OCH3 is 1. The summed E-state index contributed by atoms with van der Waals surface area (Å²) in [6.07, 6.45) is 3.21. The number of Topliss-reactive ketones (excluding diaryl/α,β-unsaturated/α-hetero) is 1. The quantitative estimate of drug-likeness (QED) is 0.363. The van der Waals surface area contributed by atoms with Crippen LogP contribution in [-0.2, 0) is 16.1 Å². The lowest BCUT2D eigenvalue weighted by Crippen LogP contribution is -2.29. The van der Waals surface area contributed by atoms with Crippen molar-refractivity contribution < 1.29 is 23.8 Å². The smallest absolute Gasteiger partial charge is 0.296 e. The van der Waals surface area contributed by atoms with Crippen LogP contribution in [0.25, 0.3) is 5.76 Å². The highest BCUT2D eigenvalue weighted by molar-refractivity contribution is 6.46. The zero-order valence-electron chi connectivity index (χ0n) is 16.8. The first-order valence-electron chi connectivity index (χ1n) is 9.48. The molecule has 158 valence electrons. The van der Waals surface area contributed by atoms with Gasteiger partial charge >= 0.3 is 0 Å². The van der Waals surface area contributed by atoms with E-state index in [2.05, 4.69) is 4.98 Å². The fraction of sp³-hybridized carbons (Fsp3) is 0.174. The van der Waals surface area contributed by atoms with E-state index in [-0.39, 0.29) is 22.7 Å². The predicted octanol–water partition coefficient (Wildman–Crippen LogP) is 4.27. The van der Waals surface area contributed by atoms with Crippen LogP contribution in [0, 0.1) is 6.92 Å². The van der Waals surface area contributed by atoms with Crippen LogP contribution in [0.1, 0.15) is 28.7 Å². The predicted molar refractivity (Wildman–Crippen MR) is 114 cm³/mol. The highest BCUT2D eigenvalue weighted by atomic mass is 35.5. The van der Waals surface area contributed by atoms with Crippen LogP contribution in [-0.4, -0.2) is 33.8 Å². The SMILES string of the molecule is COc1ccc(Cl)c(/C(O)=C2\C(=O)C(=O)N(Cc3ccncc3)C2c2ccc(C)o2)c1. The summed E-state index contributed by atoms with van der Waals surface area (Å²) in [5.41, 5.74) is 0.879. The van der Waals surface area contributed by atoms with Crippen molar-refractivity contribution in [2.75, 3.05) is 7.11 Å². The number of aryl methyl sites for hydroxylation is 1. The van der Waals surface area contributed by atoms with Crippen molar-refractivity contribution in [3.8, 4) is 5.75 Å². The minimum atomic E-state index is -0.913. The van der Waals surface area contributed by atoms with Gasteiger partial charge in [0.15, 0.2) is 0 Å². The number of rotatable bonds is 5. The fourth-order valence-electron chi connectivity index (χ4n) is 3.58. The van der Waals surface area contributed by atoms with Crippen LogP contribution in [0.3, 0.4) is 0 Å². The largest absolute Gasteiger partial charge is 0.507 e. The molecule has 3 heterocycles. The van der Waals surface area contributed by atoms with E-state index in [1.165, 1.54) is 18.1 Å². The number of aromatic nitrogens is 1. The Morgan fingerprint density at radius 1 is 1.19 bits per heavy atom. The average Bonchev–Trinajstić information content (AvgIpc) is 3.30. The third kappa shape index (κ3) is 3.80. The van der Waals surface area contributed by atoms with E-state index in [0.29, 0.717) is 17.3 Å². The molecule has 0 aliphatic carbocycles. The molecule has 8 heteroatoms. The number of halogens is 1. The molecule has 1 saturated heterocycles. The van der Waals surface area contributed by atoms with Crippen molar-refractivity contribution in [3.05, 3.63) is 88.1 Å². The summed E-state index contributed by atoms with van der Waals surface area (Å²) in [5.74, 6) is -0.517. The van der Waals surface area contributed by atoms with E-state index < -0.39 is 23.5 Å². The third-order valence-electron chi connectivity index (χ3n) is 5.10. The van der Waals surface area contributed by atoms with Gasteiger partial charge in [0.2, 0.25) is 0 Å². The molecule has 4 rings (SSSR count). The Morgan fingerprint density at radius 2 is 1.94 bits per heavy atom. The zero-order chi connectivity index (χ0) is 22.1. The van der Waals surface area contributed by atoms with Crippen LogP contribution in [0.15, 0.2) is 64.8 Å². The normalized spacial score (nSPS) is 17.9. The Kier molecular flexibility index (Phi) is 5.52. The number of furan rings is 1. The van der Waals surface area contributed by atoms with Crippen molar-refractivity contribution in [3.63, 3.8) is 0 Å². The number of ketones is 1. The highest BCUT2D eigenvalue weighted by Gasteiger charge is 2.47. The van der Waals surface area contributed by atoms with Crippen LogP contribution < -0.4 is 4.74 Å². The maximum absolute atomic E-state index is 13.0. The van der Waals surface area contributed by atoms with E-state index in [1.807, 2.05) is 0 Å². The number of hydrogen-bond acceptors (Lipinski definition) is 6. The number of hydrogen-bond donors (Lipinski definition) is 1. The maximum Gasteiger partial charge on any atom is 0.296 e. The molecule has 1 aromatic carbocycles. The number of benzene rings is 1. The molecule has 1 atom stereocenters. The molecule has 1 aliphatic rings. The first-order chi connectivity index (χ1) is 14.9. The summed E-state index contributed by atoms with van der Waals surface area (Å²) >= 11 is 6.28. The first-order valence-corrected chi connectivity index (χ1v) is 9.86. The number of pyridine rings is 1. The summed E-state index contributed by atoms with van der Waals surface area (Å²) in [4.78, 5) is 31.4. The Hall–Kier alpha value is -3.58. The van der Waals surface area contributed by atoms with E-state index in [4.69, 9.17) is 20.8 Å². The Bertz CT molecular complexity index is 1190. The monoisotopic (exact) mass is 438 g/mol. The van der Waals surface area contributed by atoms with Gasteiger partial charge in [0.1, 0.15) is 29.1 Å². The molecule has 1 N–H and O–H groups in total. The molecule has 3 aromatic rings. The van der Waals surface area contributed by atoms with E-state index in [9.17, 15) is 14.7 Å². The molecular formula is C23H19ClN2O5. The lowest BCUT2D eigenvalue weighted by Gasteiger charge is -2.23. The van der Waals surface area contributed by atoms with Gasteiger partial charge in [0.05, 0.1) is 17.7 Å². The molecule has 1 fully saturated rings. The van der Waals surface area contributed by atoms with Gasteiger partial charge < -0.3 is 19.2 Å². The molecule has 2 aromatic heterocycles. The number of aliphatic hydroxyl groups excluding tert-OH is 1. The summed E-state index contributed by atoms with van der Waals surface area (Å²) in [7, 11) is 1.48. The summed E-state index contributed by atoms with van der Waals surface area (Å²) in [6, 6.07) is 10.7. The van der Waals surface area contributed by atoms with E-state index in [1.54, 1.807) is 55.7 Å². The van der Waals surface area contributed by atoms with E-state index in [0.717, 1.165) is 5.56 Å².